The zero-order valence-electron chi connectivity index (χ0n) is 10.5. The van der Waals surface area contributed by atoms with E-state index in [0.717, 1.165) is 21.9 Å². The van der Waals surface area contributed by atoms with Gasteiger partial charge in [-0.25, -0.2) is 0 Å². The van der Waals surface area contributed by atoms with Crippen molar-refractivity contribution in [3.63, 3.8) is 0 Å². The lowest BCUT2D eigenvalue weighted by atomic mass is 10.0. The highest BCUT2D eigenvalue weighted by Crippen LogP contribution is 2.33. The second kappa shape index (κ2) is 7.57. The number of hydrogen-bond acceptors (Lipinski definition) is 2. The van der Waals surface area contributed by atoms with E-state index in [4.69, 9.17) is 11.6 Å². The highest BCUT2D eigenvalue weighted by atomic mass is 79.9. The zero-order valence-corrected chi connectivity index (χ0v) is 13.7. The van der Waals surface area contributed by atoms with Crippen molar-refractivity contribution in [3.8, 4) is 0 Å². The molecule has 0 amide bonds. The summed E-state index contributed by atoms with van der Waals surface area (Å²) in [5.74, 6) is 0.555. The van der Waals surface area contributed by atoms with E-state index in [0.29, 0.717) is 5.92 Å². The van der Waals surface area contributed by atoms with Crippen molar-refractivity contribution in [1.29, 1.82) is 0 Å². The van der Waals surface area contributed by atoms with E-state index in [9.17, 15) is 0 Å². The van der Waals surface area contributed by atoms with Crippen molar-refractivity contribution >= 4 is 44.9 Å². The van der Waals surface area contributed by atoms with Gasteiger partial charge in [0.15, 0.2) is 0 Å². The Labute approximate surface area is 121 Å². The summed E-state index contributed by atoms with van der Waals surface area (Å²) >= 11 is 11.1. The van der Waals surface area contributed by atoms with E-state index >= 15 is 0 Å². The van der Waals surface area contributed by atoms with Crippen LogP contribution in [0.2, 0.25) is 4.34 Å². The third kappa shape index (κ3) is 5.12. The maximum atomic E-state index is 6.05. The molecule has 0 saturated heterocycles. The Balaban J connectivity index is 2.75. The minimum absolute atomic E-state index is 0.555. The normalized spacial score (nSPS) is 12.5. The summed E-state index contributed by atoms with van der Waals surface area (Å²) in [5.41, 5.74) is 1.42. The molecule has 0 bridgehead atoms. The molecule has 1 heterocycles. The van der Waals surface area contributed by atoms with E-state index in [1.54, 1.807) is 11.3 Å². The monoisotopic (exact) mass is 335 g/mol. The fraction of sp³-hybridized carbons (Fsp3) is 0.538. The van der Waals surface area contributed by atoms with Crippen LogP contribution < -0.4 is 5.32 Å². The van der Waals surface area contributed by atoms with Gasteiger partial charge in [0.2, 0.25) is 0 Å². The Hall–Kier alpha value is 0.170. The molecule has 4 heteroatoms. The standard InChI is InChI=1S/C13H19BrClNS/c1-4-5-16-8-10(9(2)3)6-11-7-12(14)13(15)17-11/h6-7,9,16H,4-5,8H2,1-3H3. The first kappa shape index (κ1) is 15.2. The number of halogens is 2. The summed E-state index contributed by atoms with van der Waals surface area (Å²) in [6, 6.07) is 2.08. The average molecular weight is 337 g/mol. The number of nitrogens with one attached hydrogen (secondary N) is 1. The van der Waals surface area contributed by atoms with Gasteiger partial charge in [0.1, 0.15) is 4.34 Å². The van der Waals surface area contributed by atoms with Crippen LogP contribution in [0.1, 0.15) is 32.1 Å². The van der Waals surface area contributed by atoms with E-state index in [2.05, 4.69) is 54.2 Å². The molecule has 96 valence electrons. The molecule has 0 spiro atoms. The summed E-state index contributed by atoms with van der Waals surface area (Å²) in [7, 11) is 0. The Kier molecular flexibility index (Phi) is 6.78. The molecule has 0 saturated carbocycles. The van der Waals surface area contributed by atoms with Crippen molar-refractivity contribution in [2.24, 2.45) is 5.92 Å². The molecule has 1 rings (SSSR count). The van der Waals surface area contributed by atoms with Crippen molar-refractivity contribution in [1.82, 2.24) is 5.32 Å². The molecule has 0 atom stereocenters. The predicted molar refractivity (Wildman–Crippen MR) is 83.0 cm³/mol. The maximum absolute atomic E-state index is 6.05. The van der Waals surface area contributed by atoms with Gasteiger partial charge in [0.05, 0.1) is 0 Å². The van der Waals surface area contributed by atoms with Crippen LogP contribution in [0.5, 0.6) is 0 Å². The zero-order chi connectivity index (χ0) is 12.8. The fourth-order valence-electron chi connectivity index (χ4n) is 1.45. The highest BCUT2D eigenvalue weighted by Gasteiger charge is 2.06. The van der Waals surface area contributed by atoms with Gasteiger partial charge < -0.3 is 5.32 Å². The molecule has 0 aliphatic rings. The van der Waals surface area contributed by atoms with Crippen LogP contribution in [0, 0.1) is 5.92 Å². The van der Waals surface area contributed by atoms with Crippen LogP contribution >= 0.6 is 38.9 Å². The van der Waals surface area contributed by atoms with Crippen molar-refractivity contribution < 1.29 is 0 Å². The molecule has 1 aromatic heterocycles. The molecular weight excluding hydrogens is 318 g/mol. The van der Waals surface area contributed by atoms with Gasteiger partial charge in [0, 0.05) is 15.9 Å². The van der Waals surface area contributed by atoms with E-state index < -0.39 is 0 Å². The second-order valence-corrected chi connectivity index (χ2v) is 6.86. The largest absolute Gasteiger partial charge is 0.313 e. The van der Waals surface area contributed by atoms with Gasteiger partial charge in [-0.3, -0.25) is 0 Å². The average Bonchev–Trinajstić information content (AvgIpc) is 2.57. The summed E-state index contributed by atoms with van der Waals surface area (Å²) in [6.07, 6.45) is 3.41. The van der Waals surface area contributed by atoms with Crippen LogP contribution in [-0.4, -0.2) is 13.1 Å². The highest BCUT2D eigenvalue weighted by molar-refractivity contribution is 9.10. The second-order valence-electron chi connectivity index (χ2n) is 4.32. The first-order valence-electron chi connectivity index (χ1n) is 5.90. The van der Waals surface area contributed by atoms with Crippen molar-refractivity contribution in [2.75, 3.05) is 13.1 Å². The van der Waals surface area contributed by atoms with Crippen LogP contribution in [0.4, 0.5) is 0 Å². The third-order valence-electron chi connectivity index (χ3n) is 2.49. The Morgan fingerprint density at radius 3 is 2.76 bits per heavy atom. The summed E-state index contributed by atoms with van der Waals surface area (Å²) in [6.45, 7) is 8.66. The van der Waals surface area contributed by atoms with Gasteiger partial charge in [-0.15, -0.1) is 11.3 Å². The molecular formula is C13H19BrClNS. The molecule has 0 aromatic carbocycles. The van der Waals surface area contributed by atoms with Gasteiger partial charge in [-0.1, -0.05) is 37.9 Å². The molecule has 0 aliphatic heterocycles. The van der Waals surface area contributed by atoms with E-state index in [-0.39, 0.29) is 0 Å². The molecule has 1 N–H and O–H groups in total. The molecule has 17 heavy (non-hydrogen) atoms. The van der Waals surface area contributed by atoms with E-state index in [1.165, 1.54) is 16.9 Å². The summed E-state index contributed by atoms with van der Waals surface area (Å²) in [4.78, 5) is 1.21. The van der Waals surface area contributed by atoms with Gasteiger partial charge in [-0.2, -0.15) is 0 Å². The predicted octanol–water partition coefficient (Wildman–Crippen LogP) is 5.20. The number of rotatable bonds is 6. The Bertz CT molecular complexity index is 365. The summed E-state index contributed by atoms with van der Waals surface area (Å²) < 4.78 is 1.81. The van der Waals surface area contributed by atoms with Gasteiger partial charge in [0.25, 0.3) is 0 Å². The molecule has 0 unspecified atom stereocenters. The van der Waals surface area contributed by atoms with Crippen LogP contribution in [-0.2, 0) is 0 Å². The lowest BCUT2D eigenvalue weighted by Crippen LogP contribution is -2.19. The quantitative estimate of drug-likeness (QED) is 0.704. The molecule has 0 aliphatic carbocycles. The number of thiophene rings is 1. The summed E-state index contributed by atoms with van der Waals surface area (Å²) in [5, 5.41) is 3.45. The molecule has 1 aromatic rings. The lowest BCUT2D eigenvalue weighted by Gasteiger charge is -2.12. The van der Waals surface area contributed by atoms with E-state index in [1.807, 2.05) is 0 Å². The van der Waals surface area contributed by atoms with Crippen molar-refractivity contribution in [3.05, 3.63) is 25.3 Å². The first-order chi connectivity index (χ1) is 8.04. The minimum atomic E-state index is 0.555. The third-order valence-corrected chi connectivity index (χ3v) is 4.91. The first-order valence-corrected chi connectivity index (χ1v) is 7.89. The SMILES string of the molecule is CCCNCC(=Cc1cc(Br)c(Cl)s1)C(C)C. The van der Waals surface area contributed by atoms with Gasteiger partial charge >= 0.3 is 0 Å². The smallest absolute Gasteiger partial charge is 0.108 e. The molecule has 0 radical (unpaired) electrons. The maximum Gasteiger partial charge on any atom is 0.108 e. The topological polar surface area (TPSA) is 12.0 Å². The van der Waals surface area contributed by atoms with Crippen LogP contribution in [0.25, 0.3) is 6.08 Å². The molecule has 1 nitrogen and oxygen atoms in total. The fourth-order valence-corrected chi connectivity index (χ4v) is 3.16. The minimum Gasteiger partial charge on any atom is -0.313 e. The Morgan fingerprint density at radius 2 is 2.29 bits per heavy atom. The molecule has 0 fully saturated rings. The van der Waals surface area contributed by atoms with Crippen molar-refractivity contribution in [2.45, 2.75) is 27.2 Å². The number of hydrogen-bond donors (Lipinski definition) is 1. The lowest BCUT2D eigenvalue weighted by molar-refractivity contribution is 0.657. The van der Waals surface area contributed by atoms with Crippen LogP contribution in [0.3, 0.4) is 0 Å². The van der Waals surface area contributed by atoms with Crippen LogP contribution in [0.15, 0.2) is 16.1 Å². The Morgan fingerprint density at radius 1 is 1.59 bits per heavy atom. The van der Waals surface area contributed by atoms with Gasteiger partial charge in [-0.05, 0) is 47.0 Å².